The van der Waals surface area contributed by atoms with E-state index in [-0.39, 0.29) is 22.8 Å². The number of halogens is 6. The summed E-state index contributed by atoms with van der Waals surface area (Å²) in [5.74, 6) is -1.12. The van der Waals surface area contributed by atoms with Gasteiger partial charge in [-0.3, -0.25) is 5.32 Å². The van der Waals surface area contributed by atoms with Crippen molar-refractivity contribution in [1.29, 1.82) is 0 Å². The number of nitrogens with zero attached hydrogens (tertiary/aromatic N) is 3. The number of hydrogen-bond donors (Lipinski definition) is 1. The number of amides is 1. The van der Waals surface area contributed by atoms with Gasteiger partial charge in [-0.25, -0.2) is 22.7 Å². The molecule has 0 spiro atoms. The van der Waals surface area contributed by atoms with Crippen LogP contribution in [0.2, 0.25) is 0 Å². The summed E-state index contributed by atoms with van der Waals surface area (Å²) in [6, 6.07) is 8.22. The van der Waals surface area contributed by atoms with Crippen LogP contribution in [0.15, 0.2) is 59.6 Å². The van der Waals surface area contributed by atoms with Gasteiger partial charge in [-0.15, -0.1) is 0 Å². The van der Waals surface area contributed by atoms with Gasteiger partial charge in [-0.2, -0.15) is 31.4 Å². The van der Waals surface area contributed by atoms with E-state index < -0.39 is 62.4 Å². The summed E-state index contributed by atoms with van der Waals surface area (Å²) < 4.78 is 116. The van der Waals surface area contributed by atoms with E-state index in [1.807, 2.05) is 0 Å². The molecule has 0 fully saturated rings. The molecule has 212 valence electrons. The summed E-state index contributed by atoms with van der Waals surface area (Å²) in [4.78, 5) is 16.4. The average Bonchev–Trinajstić information content (AvgIpc) is 3.24. The molecule has 0 saturated carbocycles. The Kier molecular flexibility index (Phi) is 7.40. The Morgan fingerprint density at radius 3 is 2.35 bits per heavy atom. The van der Waals surface area contributed by atoms with Gasteiger partial charge in [0.05, 0.1) is 29.0 Å². The minimum atomic E-state index is -4.98. The molecule has 0 aliphatic rings. The summed E-state index contributed by atoms with van der Waals surface area (Å²) >= 11 is 0. The molecular formula is C24H18F6N4O5S. The Bertz CT molecular complexity index is 1700. The third-order valence-corrected chi connectivity index (χ3v) is 6.43. The van der Waals surface area contributed by atoms with E-state index in [2.05, 4.69) is 15.4 Å². The molecule has 2 heterocycles. The first-order valence-electron chi connectivity index (χ1n) is 11.2. The predicted molar refractivity (Wildman–Crippen MR) is 129 cm³/mol. The average molecular weight is 588 g/mol. The van der Waals surface area contributed by atoms with Gasteiger partial charge in [0.2, 0.25) is 0 Å². The molecule has 40 heavy (non-hydrogen) atoms. The van der Waals surface area contributed by atoms with Crippen LogP contribution in [0.4, 0.5) is 36.8 Å². The maximum Gasteiger partial charge on any atom is 0.433 e. The number of rotatable bonds is 6. The fourth-order valence-corrected chi connectivity index (χ4v) is 4.27. The van der Waals surface area contributed by atoms with Gasteiger partial charge in [-0.05, 0) is 43.3 Å². The number of carbonyl (C=O) groups is 1. The molecule has 16 heteroatoms. The lowest BCUT2D eigenvalue weighted by atomic mass is 10.1. The zero-order valence-corrected chi connectivity index (χ0v) is 21.3. The van der Waals surface area contributed by atoms with Crippen LogP contribution in [0, 0.1) is 0 Å². The van der Waals surface area contributed by atoms with Crippen molar-refractivity contribution in [2.75, 3.05) is 18.2 Å². The first-order valence-corrected chi connectivity index (χ1v) is 13.1. The number of nitrogens with one attached hydrogen (secondary N) is 1. The Morgan fingerprint density at radius 1 is 1.00 bits per heavy atom. The molecule has 2 aromatic carbocycles. The van der Waals surface area contributed by atoms with Crippen molar-refractivity contribution < 1.29 is 49.0 Å². The monoisotopic (exact) mass is 588 g/mol. The standard InChI is InChI=1S/C24H18F6N4O5S/c1-3-38-18-9-13(7-8-16(18)23(25,26)27)17-11-20(24(28,29)30)34-21(33-17)19(12-31-34)39-22(35)32-14-5-4-6-15(10-14)40(2,36)37/h4-12H,3H2,1-2H3,(H,32,35). The predicted octanol–water partition coefficient (Wildman–Crippen LogP) is 5.85. The Labute approximate surface area is 222 Å². The smallest absolute Gasteiger partial charge is 0.433 e. The third kappa shape index (κ3) is 6.11. The second-order valence-corrected chi connectivity index (χ2v) is 10.2. The molecule has 0 saturated heterocycles. The molecule has 0 aliphatic heterocycles. The van der Waals surface area contributed by atoms with Crippen LogP contribution >= 0.6 is 0 Å². The second-order valence-electron chi connectivity index (χ2n) is 8.22. The van der Waals surface area contributed by atoms with E-state index >= 15 is 0 Å². The number of alkyl halides is 6. The second kappa shape index (κ2) is 10.3. The van der Waals surface area contributed by atoms with E-state index in [4.69, 9.17) is 9.47 Å². The maximum absolute atomic E-state index is 13.9. The van der Waals surface area contributed by atoms with Gasteiger partial charge < -0.3 is 9.47 Å². The van der Waals surface area contributed by atoms with Gasteiger partial charge in [-0.1, -0.05) is 12.1 Å². The lowest BCUT2D eigenvalue weighted by Gasteiger charge is -2.15. The summed E-state index contributed by atoms with van der Waals surface area (Å²) in [7, 11) is -3.60. The van der Waals surface area contributed by atoms with Crippen LogP contribution in [-0.2, 0) is 22.2 Å². The van der Waals surface area contributed by atoms with E-state index in [9.17, 15) is 39.6 Å². The number of anilines is 1. The molecule has 0 bridgehead atoms. The number of benzene rings is 2. The molecular weight excluding hydrogens is 570 g/mol. The molecule has 4 rings (SSSR count). The van der Waals surface area contributed by atoms with Crippen LogP contribution in [0.5, 0.6) is 11.5 Å². The number of ether oxygens (including phenoxy) is 2. The molecule has 0 unspecified atom stereocenters. The topological polar surface area (TPSA) is 112 Å². The lowest BCUT2D eigenvalue weighted by Crippen LogP contribution is -2.17. The van der Waals surface area contributed by atoms with E-state index in [1.54, 1.807) is 0 Å². The number of fused-ring (bicyclic) bond motifs is 1. The zero-order valence-electron chi connectivity index (χ0n) is 20.5. The van der Waals surface area contributed by atoms with E-state index in [1.165, 1.54) is 25.1 Å². The molecule has 1 amide bonds. The zero-order chi connectivity index (χ0) is 29.5. The normalized spacial score (nSPS) is 12.4. The maximum atomic E-state index is 13.9. The fourth-order valence-electron chi connectivity index (χ4n) is 3.60. The van der Waals surface area contributed by atoms with Crippen LogP contribution < -0.4 is 14.8 Å². The van der Waals surface area contributed by atoms with Crippen LogP contribution in [-0.4, -0.2) is 42.0 Å². The van der Waals surface area contributed by atoms with Crippen LogP contribution in [0.25, 0.3) is 16.9 Å². The molecule has 0 radical (unpaired) electrons. The Morgan fingerprint density at radius 2 is 1.73 bits per heavy atom. The first kappa shape index (κ1) is 28.7. The first-order chi connectivity index (χ1) is 18.6. The number of hydrogen-bond acceptors (Lipinski definition) is 7. The molecule has 4 aromatic rings. The van der Waals surface area contributed by atoms with Crippen LogP contribution in [0.1, 0.15) is 18.2 Å². The number of aromatic nitrogens is 3. The summed E-state index contributed by atoms with van der Waals surface area (Å²) in [5.41, 5.74) is -3.56. The van der Waals surface area contributed by atoms with Gasteiger partial charge in [0.1, 0.15) is 5.75 Å². The third-order valence-electron chi connectivity index (χ3n) is 5.32. The van der Waals surface area contributed by atoms with Crippen molar-refractivity contribution >= 4 is 27.3 Å². The summed E-state index contributed by atoms with van der Waals surface area (Å²) in [5, 5.41) is 5.85. The number of sulfone groups is 1. The minimum Gasteiger partial charge on any atom is -0.493 e. The van der Waals surface area contributed by atoms with Crippen molar-refractivity contribution in [3.63, 3.8) is 0 Å². The largest absolute Gasteiger partial charge is 0.493 e. The van der Waals surface area contributed by atoms with Gasteiger partial charge >= 0.3 is 18.4 Å². The van der Waals surface area contributed by atoms with Crippen molar-refractivity contribution in [3.8, 4) is 22.8 Å². The highest BCUT2D eigenvalue weighted by atomic mass is 32.2. The van der Waals surface area contributed by atoms with Gasteiger partial charge in [0.15, 0.2) is 26.9 Å². The van der Waals surface area contributed by atoms with Crippen LogP contribution in [0.3, 0.4) is 0 Å². The van der Waals surface area contributed by atoms with Gasteiger partial charge in [0.25, 0.3) is 0 Å². The van der Waals surface area contributed by atoms with Crippen molar-refractivity contribution in [2.24, 2.45) is 0 Å². The highest BCUT2D eigenvalue weighted by Crippen LogP contribution is 2.40. The number of carbonyl (C=O) groups excluding carboxylic acids is 1. The summed E-state index contributed by atoms with van der Waals surface area (Å²) in [6.07, 6.45) is -9.21. The highest BCUT2D eigenvalue weighted by molar-refractivity contribution is 7.90. The molecule has 9 nitrogen and oxygen atoms in total. The molecule has 0 atom stereocenters. The Hall–Kier alpha value is -4.34. The van der Waals surface area contributed by atoms with Gasteiger partial charge in [0, 0.05) is 17.5 Å². The minimum absolute atomic E-state index is 0.0160. The van der Waals surface area contributed by atoms with Crippen molar-refractivity contribution in [2.45, 2.75) is 24.2 Å². The van der Waals surface area contributed by atoms with Crippen molar-refractivity contribution in [3.05, 3.63) is 66.0 Å². The quantitative estimate of drug-likeness (QED) is 0.282. The molecule has 1 N–H and O–H groups in total. The molecule has 0 aliphatic carbocycles. The summed E-state index contributed by atoms with van der Waals surface area (Å²) in [6.45, 7) is 1.30. The Balaban J connectivity index is 1.75. The van der Waals surface area contributed by atoms with Crippen molar-refractivity contribution in [1.82, 2.24) is 14.6 Å². The fraction of sp³-hybridized carbons (Fsp3) is 0.208. The SMILES string of the molecule is CCOc1cc(-c2cc(C(F)(F)F)n3ncc(OC(=O)Nc4cccc(S(C)(=O)=O)c4)c3n2)ccc1C(F)(F)F. The lowest BCUT2D eigenvalue weighted by molar-refractivity contribution is -0.142. The molecule has 2 aromatic heterocycles. The van der Waals surface area contributed by atoms with E-state index in [0.29, 0.717) is 16.6 Å². The van der Waals surface area contributed by atoms with E-state index in [0.717, 1.165) is 30.7 Å². The highest BCUT2D eigenvalue weighted by Gasteiger charge is 2.37.